The Kier molecular flexibility index (Phi) is 14.8. The van der Waals surface area contributed by atoms with Gasteiger partial charge in [0.25, 0.3) is 11.8 Å². The first kappa shape index (κ1) is 52.1. The lowest BCUT2D eigenvalue weighted by molar-refractivity contribution is -0.137. The second kappa shape index (κ2) is 22.2. The third-order valence-corrected chi connectivity index (χ3v) is 16.6. The van der Waals surface area contributed by atoms with Gasteiger partial charge < -0.3 is 40.1 Å². The molecule has 4 fully saturated rings. The molecule has 4 atom stereocenters. The van der Waals surface area contributed by atoms with Crippen LogP contribution in [0.4, 0.5) is 11.4 Å². The first-order valence-corrected chi connectivity index (χ1v) is 27.0. The van der Waals surface area contributed by atoms with E-state index in [1.165, 1.54) is 14.2 Å². The number of anilines is 2. The summed E-state index contributed by atoms with van der Waals surface area (Å²) < 4.78 is 18.3. The minimum atomic E-state index is -0.342. The maximum atomic E-state index is 13.2. The van der Waals surface area contributed by atoms with Crippen molar-refractivity contribution in [2.45, 2.75) is 126 Å². The first-order valence-electron chi connectivity index (χ1n) is 27.0. The summed E-state index contributed by atoms with van der Waals surface area (Å²) in [7, 11) is 6.89. The zero-order valence-electron chi connectivity index (χ0n) is 44.3. The summed E-state index contributed by atoms with van der Waals surface area (Å²) >= 11 is 0. The molecule has 6 heterocycles. The van der Waals surface area contributed by atoms with Gasteiger partial charge in [-0.05, 0) is 114 Å². The lowest BCUT2D eigenvalue weighted by atomic mass is 9.89. The average Bonchev–Trinajstić information content (AvgIpc) is 4.41. The number of aliphatic hydroxyl groups excluding tert-OH is 2. The molecule has 0 spiro atoms. The Hall–Kier alpha value is -7.98. The molecule has 0 bridgehead atoms. The summed E-state index contributed by atoms with van der Waals surface area (Å²) in [4.78, 5) is 64.7. The van der Waals surface area contributed by atoms with Crippen molar-refractivity contribution in [2.75, 3.05) is 38.9 Å². The molecule has 4 amide bonds. The van der Waals surface area contributed by atoms with Crippen LogP contribution in [-0.4, -0.2) is 145 Å². The number of methoxy groups -OCH3 is 2. The summed E-state index contributed by atoms with van der Waals surface area (Å²) in [6.07, 6.45) is 24.7. The highest BCUT2D eigenvalue weighted by molar-refractivity contribution is 6.10. The third kappa shape index (κ3) is 10.6. The molecule has 8 aromatic rings. The molecule has 22 nitrogen and oxygen atoms in total. The van der Waals surface area contributed by atoms with Gasteiger partial charge in [0, 0.05) is 98.1 Å². The smallest absolute Gasteiger partial charge is 0.259 e. The third-order valence-electron chi connectivity index (χ3n) is 16.6. The lowest BCUT2D eigenvalue weighted by Crippen LogP contribution is -2.42. The van der Waals surface area contributed by atoms with Crippen molar-refractivity contribution < 1.29 is 38.9 Å². The summed E-state index contributed by atoms with van der Waals surface area (Å²) in [6, 6.07) is 11.6. The van der Waals surface area contributed by atoms with Gasteiger partial charge in [-0.2, -0.15) is 20.4 Å². The van der Waals surface area contributed by atoms with Gasteiger partial charge in [0.2, 0.25) is 11.8 Å². The number of aromatic nitrogens is 10. The Morgan fingerprint density at radius 1 is 0.577 bits per heavy atom. The van der Waals surface area contributed by atoms with Gasteiger partial charge in [-0.15, -0.1) is 0 Å². The summed E-state index contributed by atoms with van der Waals surface area (Å²) in [5, 5.41) is 45.2. The number of nitrogens with one attached hydrogen (secondary N) is 2. The average molecular weight is 1060 g/mol. The number of benzene rings is 2. The van der Waals surface area contributed by atoms with Gasteiger partial charge in [0.05, 0.1) is 73.1 Å². The van der Waals surface area contributed by atoms with Crippen LogP contribution < -0.4 is 20.1 Å². The van der Waals surface area contributed by atoms with E-state index in [0.717, 1.165) is 98.9 Å². The normalized spacial score (nSPS) is 23.3. The topological polar surface area (TPSA) is 254 Å². The maximum absolute atomic E-state index is 13.2. The van der Waals surface area contributed by atoms with E-state index in [1.807, 2.05) is 45.7 Å². The predicted molar refractivity (Wildman–Crippen MR) is 289 cm³/mol. The van der Waals surface area contributed by atoms with E-state index in [4.69, 9.17) is 19.7 Å². The van der Waals surface area contributed by atoms with E-state index >= 15 is 0 Å². The second-order valence-electron chi connectivity index (χ2n) is 21.4. The van der Waals surface area contributed by atoms with E-state index in [1.54, 1.807) is 82.6 Å². The van der Waals surface area contributed by atoms with Gasteiger partial charge in [0.15, 0.2) is 11.3 Å². The predicted octanol–water partition coefficient (Wildman–Crippen LogP) is 6.89. The lowest BCUT2D eigenvalue weighted by Gasteiger charge is -2.36. The molecular weight excluding hydrogens is 997 g/mol. The van der Waals surface area contributed by atoms with Gasteiger partial charge in [-0.25, -0.2) is 19.0 Å². The monoisotopic (exact) mass is 1060 g/mol. The highest BCUT2D eigenvalue weighted by atomic mass is 16.5. The number of rotatable bonds is 12. The Bertz CT molecular complexity index is 3270. The van der Waals surface area contributed by atoms with Crippen LogP contribution in [-0.2, 0) is 9.59 Å². The van der Waals surface area contributed by atoms with Crippen LogP contribution >= 0.6 is 0 Å². The highest BCUT2D eigenvalue weighted by Gasteiger charge is 2.37. The van der Waals surface area contributed by atoms with Crippen molar-refractivity contribution in [2.24, 2.45) is 11.8 Å². The number of hydrogen-bond acceptors (Lipinski definition) is 14. The number of aliphatic hydroxyl groups is 2. The summed E-state index contributed by atoms with van der Waals surface area (Å²) in [6.45, 7) is 0. The van der Waals surface area contributed by atoms with Crippen molar-refractivity contribution in [3.63, 3.8) is 0 Å². The van der Waals surface area contributed by atoms with Crippen molar-refractivity contribution in [1.29, 1.82) is 0 Å². The standard InChI is InChI=1S/2C28H33N7O4/c2*1-33(28(38)17-4-9-21(36)12-17)19-5-7-20(8-6-19)35-16-18-13-22(25(39-2)14-23(18)32-35)27(37)31-24-15-30-34-11-3-10-29-26(24)34/h2*3,10-11,13-17,19-21,36H,4-9,12H2,1-2H3,(H,31,37)/t2*17-,19?,20?,21-/m11/s1. The van der Waals surface area contributed by atoms with Crippen molar-refractivity contribution in [3.05, 3.63) is 97.1 Å². The molecule has 0 aliphatic heterocycles. The number of carbonyl (C=O) groups is 4. The summed E-state index contributed by atoms with van der Waals surface area (Å²) in [5.74, 6) is 0.478. The fourth-order valence-corrected chi connectivity index (χ4v) is 12.1. The van der Waals surface area contributed by atoms with Gasteiger partial charge in [-0.3, -0.25) is 28.5 Å². The SMILES string of the molecule is COc1cc2nn(C3CCC(N(C)C(=O)[C@@H]4CC[C@@H](O)C4)CC3)cc2cc1C(=O)Nc1cnn2cccnc12.COc1cc2nn(C3CCC(N(C)C(=O)[C@@H]4CC[C@@H](O)C4)CC3)cc2cc1C(=O)Nc1cnn2cccnc12. The molecular formula is C56H66N14O8. The molecule has 4 aliphatic rings. The molecule has 2 aromatic carbocycles. The van der Waals surface area contributed by atoms with Crippen molar-refractivity contribution >= 4 is 68.1 Å². The van der Waals surface area contributed by atoms with Gasteiger partial charge in [0.1, 0.15) is 22.9 Å². The van der Waals surface area contributed by atoms with Crippen LogP contribution in [0.5, 0.6) is 11.5 Å². The van der Waals surface area contributed by atoms with Crippen LogP contribution in [0, 0.1) is 11.8 Å². The minimum absolute atomic E-state index is 0.0513. The van der Waals surface area contributed by atoms with Crippen LogP contribution in [0.3, 0.4) is 0 Å². The van der Waals surface area contributed by atoms with E-state index in [0.29, 0.717) is 58.1 Å². The number of nitrogens with zero attached hydrogens (tertiary/aromatic N) is 12. The van der Waals surface area contributed by atoms with E-state index in [2.05, 4.69) is 30.8 Å². The van der Waals surface area contributed by atoms with Crippen LogP contribution in [0.1, 0.15) is 123 Å². The van der Waals surface area contributed by atoms with Crippen LogP contribution in [0.25, 0.3) is 33.1 Å². The first-order chi connectivity index (χ1) is 37.8. The quantitative estimate of drug-likeness (QED) is 0.0973. The Morgan fingerprint density at radius 3 is 1.36 bits per heavy atom. The fourth-order valence-electron chi connectivity index (χ4n) is 12.1. The molecule has 408 valence electrons. The van der Waals surface area contributed by atoms with Crippen LogP contribution in [0.2, 0.25) is 0 Å². The molecule has 12 rings (SSSR count). The highest BCUT2D eigenvalue weighted by Crippen LogP contribution is 2.37. The number of fused-ring (bicyclic) bond motifs is 4. The molecule has 0 saturated heterocycles. The minimum Gasteiger partial charge on any atom is -0.496 e. The Labute approximate surface area is 449 Å². The van der Waals surface area contributed by atoms with E-state index in [9.17, 15) is 29.4 Å². The largest absolute Gasteiger partial charge is 0.496 e. The fraction of sp³-hybridized carbons (Fsp3) is 0.464. The second-order valence-corrected chi connectivity index (χ2v) is 21.4. The van der Waals surface area contributed by atoms with E-state index in [-0.39, 0.29) is 71.8 Å². The van der Waals surface area contributed by atoms with Crippen molar-refractivity contribution in [3.8, 4) is 11.5 Å². The number of hydrogen-bond donors (Lipinski definition) is 4. The maximum Gasteiger partial charge on any atom is 0.259 e. The number of ether oxygens (including phenoxy) is 2. The zero-order valence-corrected chi connectivity index (χ0v) is 44.3. The molecule has 4 N–H and O–H groups in total. The Balaban J connectivity index is 0.000000165. The van der Waals surface area contributed by atoms with Crippen LogP contribution in [0.15, 0.2) is 86.0 Å². The van der Waals surface area contributed by atoms with Gasteiger partial charge >= 0.3 is 0 Å². The van der Waals surface area contributed by atoms with Gasteiger partial charge in [-0.1, -0.05) is 0 Å². The molecule has 0 unspecified atom stereocenters. The number of carbonyl (C=O) groups excluding carboxylic acids is 4. The number of amides is 4. The Morgan fingerprint density at radius 2 is 0.987 bits per heavy atom. The molecule has 22 heteroatoms. The molecule has 0 radical (unpaired) electrons. The molecule has 78 heavy (non-hydrogen) atoms. The molecule has 6 aromatic heterocycles. The van der Waals surface area contributed by atoms with Crippen molar-refractivity contribution in [1.82, 2.24) is 58.6 Å². The molecule has 4 aliphatic carbocycles. The summed E-state index contributed by atoms with van der Waals surface area (Å²) in [5.41, 5.74) is 4.47. The molecule has 4 saturated carbocycles. The zero-order chi connectivity index (χ0) is 54.2. The van der Waals surface area contributed by atoms with E-state index < -0.39 is 0 Å².